The van der Waals surface area contributed by atoms with Gasteiger partial charge in [-0.2, -0.15) is 5.26 Å². The lowest BCUT2D eigenvalue weighted by atomic mass is 9.76. The van der Waals surface area contributed by atoms with E-state index in [1.807, 2.05) is 6.07 Å². The van der Waals surface area contributed by atoms with E-state index >= 15 is 0 Å². The molecule has 3 aromatic rings. The summed E-state index contributed by atoms with van der Waals surface area (Å²) >= 11 is 7.86. The second-order valence-corrected chi connectivity index (χ2v) is 16.2. The number of hydrogen-bond donors (Lipinski definition) is 1. The van der Waals surface area contributed by atoms with E-state index in [0.29, 0.717) is 31.0 Å². The smallest absolute Gasteiger partial charge is 0.225 e. The first-order valence-corrected chi connectivity index (χ1v) is 17.5. The molecule has 0 bridgehead atoms. The first-order valence-electron chi connectivity index (χ1n) is 14.6. The molecule has 4 aliphatic rings. The summed E-state index contributed by atoms with van der Waals surface area (Å²) in [4.78, 5) is 26.1. The summed E-state index contributed by atoms with van der Waals surface area (Å²) in [6.45, 7) is 1.06. The molecular weight excluding hydrogens is 590 g/mol. The number of sulfone groups is 1. The molecule has 2 atom stereocenters. The van der Waals surface area contributed by atoms with E-state index in [4.69, 9.17) is 16.6 Å². The standard InChI is InChI=1S/C31H32ClN5O3S2/c32-22-15-21(16-34-17-22)29-35-26(24-3-1-2-4-25(24)28(38)36-30(18-33)9-10-30)27(41-29)20-5-7-23(8-6-20)37-13-14-42(39,40)31(19-37)11-12-31/h5-8,15-17,24-25H,1-4,9-14,19H2,(H,36,38)/t24-,25-/m1/s1. The van der Waals surface area contributed by atoms with Crippen molar-refractivity contribution in [3.05, 3.63) is 53.4 Å². The van der Waals surface area contributed by atoms with Crippen LogP contribution in [0.15, 0.2) is 42.7 Å². The number of carbonyl (C=O) groups excluding carboxylic acids is 1. The summed E-state index contributed by atoms with van der Waals surface area (Å²) in [7, 11) is -3.02. The molecule has 3 saturated carbocycles. The predicted molar refractivity (Wildman–Crippen MR) is 164 cm³/mol. The van der Waals surface area contributed by atoms with Gasteiger partial charge in [-0.1, -0.05) is 36.6 Å². The number of amides is 1. The zero-order chi connectivity index (χ0) is 29.1. The number of pyridine rings is 1. The third-order valence-electron chi connectivity index (χ3n) is 9.46. The Morgan fingerprint density at radius 3 is 2.55 bits per heavy atom. The Bertz CT molecular complexity index is 1690. The van der Waals surface area contributed by atoms with E-state index in [2.05, 4.69) is 45.5 Å². The van der Waals surface area contributed by atoms with Crippen LogP contribution in [-0.2, 0) is 14.6 Å². The number of aromatic nitrogens is 2. The Morgan fingerprint density at radius 1 is 1.10 bits per heavy atom. The fourth-order valence-electron chi connectivity index (χ4n) is 6.56. The third kappa shape index (κ3) is 4.99. The van der Waals surface area contributed by atoms with Crippen LogP contribution in [0.4, 0.5) is 5.69 Å². The highest BCUT2D eigenvalue weighted by Gasteiger charge is 2.57. The van der Waals surface area contributed by atoms with Crippen LogP contribution < -0.4 is 10.2 Å². The lowest BCUT2D eigenvalue weighted by Gasteiger charge is -2.34. The van der Waals surface area contributed by atoms with Crippen LogP contribution >= 0.6 is 22.9 Å². The van der Waals surface area contributed by atoms with Crippen molar-refractivity contribution in [3.8, 4) is 27.1 Å². The lowest BCUT2D eigenvalue weighted by molar-refractivity contribution is -0.127. The van der Waals surface area contributed by atoms with E-state index in [9.17, 15) is 18.5 Å². The minimum absolute atomic E-state index is 0.0481. The van der Waals surface area contributed by atoms with Gasteiger partial charge in [-0.3, -0.25) is 9.78 Å². The summed E-state index contributed by atoms with van der Waals surface area (Å²) in [5.41, 5.74) is 3.07. The summed E-state index contributed by atoms with van der Waals surface area (Å²) in [5.74, 6) is -0.168. The molecule has 7 rings (SSSR count). The van der Waals surface area contributed by atoms with Crippen molar-refractivity contribution in [2.75, 3.05) is 23.7 Å². The summed E-state index contributed by atoms with van der Waals surface area (Å²) < 4.78 is 24.6. The molecule has 1 N–H and O–H groups in total. The maximum atomic E-state index is 13.5. The fourth-order valence-corrected chi connectivity index (χ4v) is 9.82. The number of nitrogens with zero attached hydrogens (tertiary/aromatic N) is 4. The molecule has 1 spiro atoms. The lowest BCUT2D eigenvalue weighted by Crippen LogP contribution is -2.48. The Hall–Kier alpha value is -3.00. The van der Waals surface area contributed by atoms with Crippen LogP contribution in [0.5, 0.6) is 0 Å². The average Bonchev–Trinajstić information content (AvgIpc) is 3.91. The summed E-state index contributed by atoms with van der Waals surface area (Å²) in [5, 5.41) is 14.0. The van der Waals surface area contributed by atoms with Crippen LogP contribution in [0.2, 0.25) is 5.02 Å². The molecule has 0 radical (unpaired) electrons. The molecule has 1 aliphatic heterocycles. The van der Waals surface area contributed by atoms with Gasteiger partial charge in [-0.25, -0.2) is 13.4 Å². The highest BCUT2D eigenvalue weighted by Crippen LogP contribution is 2.49. The highest BCUT2D eigenvalue weighted by molar-refractivity contribution is 7.93. The quantitative estimate of drug-likeness (QED) is 0.373. The molecule has 11 heteroatoms. The number of nitriles is 1. The van der Waals surface area contributed by atoms with Gasteiger partial charge in [0.05, 0.1) is 32.2 Å². The topological polar surface area (TPSA) is 116 Å². The van der Waals surface area contributed by atoms with Crippen LogP contribution in [0.25, 0.3) is 21.0 Å². The monoisotopic (exact) mass is 621 g/mol. The number of nitrogens with one attached hydrogen (secondary N) is 1. The van der Waals surface area contributed by atoms with E-state index in [0.717, 1.165) is 70.9 Å². The predicted octanol–water partition coefficient (Wildman–Crippen LogP) is 5.74. The van der Waals surface area contributed by atoms with Crippen molar-refractivity contribution in [1.82, 2.24) is 15.3 Å². The van der Waals surface area contributed by atoms with Gasteiger partial charge >= 0.3 is 0 Å². The largest absolute Gasteiger partial charge is 0.369 e. The normalized spacial score (nSPS) is 25.0. The van der Waals surface area contributed by atoms with E-state index in [-0.39, 0.29) is 23.5 Å². The van der Waals surface area contributed by atoms with Gasteiger partial charge in [0.25, 0.3) is 0 Å². The third-order valence-corrected chi connectivity index (χ3v) is 13.4. The molecule has 4 fully saturated rings. The van der Waals surface area contributed by atoms with Crippen molar-refractivity contribution in [1.29, 1.82) is 5.26 Å². The molecule has 8 nitrogen and oxygen atoms in total. The second-order valence-electron chi connectivity index (χ2n) is 12.3. The molecule has 0 unspecified atom stereocenters. The first kappa shape index (κ1) is 27.8. The van der Waals surface area contributed by atoms with Crippen molar-refractivity contribution in [2.24, 2.45) is 5.92 Å². The summed E-state index contributed by atoms with van der Waals surface area (Å²) in [6, 6.07) is 12.5. The molecule has 3 heterocycles. The van der Waals surface area contributed by atoms with Gasteiger partial charge in [-0.05, 0) is 62.3 Å². The van der Waals surface area contributed by atoms with Crippen LogP contribution in [-0.4, -0.2) is 53.4 Å². The molecule has 42 heavy (non-hydrogen) atoms. The number of carbonyl (C=O) groups is 1. The van der Waals surface area contributed by atoms with Crippen molar-refractivity contribution in [3.63, 3.8) is 0 Å². The molecular formula is C31H32ClN5O3S2. The van der Waals surface area contributed by atoms with Crippen molar-refractivity contribution >= 4 is 44.4 Å². The summed E-state index contributed by atoms with van der Waals surface area (Å²) in [6.07, 6.45) is 9.87. The fraction of sp³-hybridized carbons (Fsp3) is 0.484. The zero-order valence-electron chi connectivity index (χ0n) is 23.2. The second kappa shape index (κ2) is 10.3. The van der Waals surface area contributed by atoms with Crippen molar-refractivity contribution in [2.45, 2.75) is 67.6 Å². The zero-order valence-corrected chi connectivity index (χ0v) is 25.6. The van der Waals surface area contributed by atoms with E-state index in [1.54, 1.807) is 23.7 Å². The van der Waals surface area contributed by atoms with Crippen LogP contribution in [0.1, 0.15) is 63.0 Å². The highest BCUT2D eigenvalue weighted by atomic mass is 35.5. The maximum absolute atomic E-state index is 13.5. The van der Waals surface area contributed by atoms with Gasteiger partial charge in [0.15, 0.2) is 9.84 Å². The number of benzene rings is 1. The van der Waals surface area contributed by atoms with E-state index < -0.39 is 20.1 Å². The molecule has 1 saturated heterocycles. The SMILES string of the molecule is N#CC1(NC(=O)[C@@H]2CCCC[C@H]2c2nc(-c3cncc(Cl)c3)sc2-c2ccc(N3CCS(=O)(=O)C4(CC4)C3)cc2)CC1. The van der Waals surface area contributed by atoms with Crippen LogP contribution in [0.3, 0.4) is 0 Å². The van der Waals surface area contributed by atoms with E-state index in [1.165, 1.54) is 0 Å². The number of halogens is 1. The van der Waals surface area contributed by atoms with Gasteiger partial charge in [-0.15, -0.1) is 11.3 Å². The van der Waals surface area contributed by atoms with Crippen LogP contribution in [0, 0.1) is 17.2 Å². The molecule has 2 aromatic heterocycles. The van der Waals surface area contributed by atoms with Gasteiger partial charge in [0, 0.05) is 48.6 Å². The molecule has 3 aliphatic carbocycles. The minimum atomic E-state index is -3.02. The Morgan fingerprint density at radius 2 is 1.86 bits per heavy atom. The number of rotatable bonds is 6. The van der Waals surface area contributed by atoms with Gasteiger partial charge < -0.3 is 10.2 Å². The number of hydrogen-bond acceptors (Lipinski definition) is 8. The molecule has 218 valence electrons. The van der Waals surface area contributed by atoms with Crippen molar-refractivity contribution < 1.29 is 13.2 Å². The average molecular weight is 622 g/mol. The Balaban J connectivity index is 1.23. The molecule has 1 amide bonds. The van der Waals surface area contributed by atoms with Gasteiger partial charge in [0.1, 0.15) is 10.5 Å². The molecule has 1 aromatic carbocycles. The first-order chi connectivity index (χ1) is 20.2. The van der Waals surface area contributed by atoms with Gasteiger partial charge in [0.2, 0.25) is 5.91 Å². The Labute approximate surface area is 255 Å². The minimum Gasteiger partial charge on any atom is -0.369 e. The Kier molecular flexibility index (Phi) is 6.83. The number of anilines is 1. The maximum Gasteiger partial charge on any atom is 0.225 e. The number of thiazole rings is 1.